The lowest BCUT2D eigenvalue weighted by Gasteiger charge is -2.13. The molecule has 2 aromatic carbocycles. The zero-order chi connectivity index (χ0) is 23.4. The smallest absolute Gasteiger partial charge is 0.249 e. The summed E-state index contributed by atoms with van der Waals surface area (Å²) >= 11 is 12.1. The zero-order valence-electron chi connectivity index (χ0n) is 18.1. The van der Waals surface area contributed by atoms with Crippen LogP contribution in [-0.4, -0.2) is 49.9 Å². The summed E-state index contributed by atoms with van der Waals surface area (Å²) in [5, 5.41) is 13.1. The molecule has 0 saturated carbocycles. The van der Waals surface area contributed by atoms with Gasteiger partial charge in [0.2, 0.25) is 17.5 Å². The number of aromatic nitrogens is 2. The number of methoxy groups -OCH3 is 3. The topological polar surface area (TPSA) is 97.4 Å². The molecule has 0 amide bonds. The summed E-state index contributed by atoms with van der Waals surface area (Å²) in [5.41, 5.74) is 2.16. The Morgan fingerprint density at radius 3 is 2.42 bits per heavy atom. The van der Waals surface area contributed by atoms with Gasteiger partial charge in [0.1, 0.15) is 6.61 Å². The maximum atomic E-state index is 6.19. The van der Waals surface area contributed by atoms with E-state index in [0.717, 1.165) is 11.3 Å². The largest absolute Gasteiger partial charge is 0.493 e. The van der Waals surface area contributed by atoms with Gasteiger partial charge in [-0.05, 0) is 30.3 Å². The van der Waals surface area contributed by atoms with Gasteiger partial charge in [-0.25, -0.2) is 0 Å². The van der Waals surface area contributed by atoms with Crippen LogP contribution in [0.3, 0.4) is 0 Å². The second-order valence-electron chi connectivity index (χ2n) is 7.02. The van der Waals surface area contributed by atoms with E-state index < -0.39 is 0 Å². The van der Waals surface area contributed by atoms with E-state index in [-0.39, 0.29) is 19.3 Å². The number of ether oxygens (including phenoxy) is 4. The van der Waals surface area contributed by atoms with E-state index in [2.05, 4.69) is 15.4 Å². The Morgan fingerprint density at radius 2 is 1.76 bits per heavy atom. The second-order valence-corrected chi connectivity index (χ2v) is 7.87. The van der Waals surface area contributed by atoms with Gasteiger partial charge in [-0.2, -0.15) is 0 Å². The van der Waals surface area contributed by atoms with Crippen molar-refractivity contribution in [3.63, 3.8) is 0 Å². The van der Waals surface area contributed by atoms with Gasteiger partial charge in [0.15, 0.2) is 17.6 Å². The van der Waals surface area contributed by atoms with Gasteiger partial charge in [-0.3, -0.25) is 0 Å². The quantitative estimate of drug-likeness (QED) is 0.420. The fourth-order valence-corrected chi connectivity index (χ4v) is 3.79. The Balaban J connectivity index is 1.33. The van der Waals surface area contributed by atoms with Crippen LogP contribution in [0, 0.1) is 0 Å². The summed E-state index contributed by atoms with van der Waals surface area (Å²) in [6.07, 6.45) is 0.292. The van der Waals surface area contributed by atoms with Crippen LogP contribution in [0.5, 0.6) is 17.2 Å². The zero-order valence-corrected chi connectivity index (χ0v) is 19.6. The first-order valence-corrected chi connectivity index (χ1v) is 10.7. The first-order valence-electron chi connectivity index (χ1n) is 9.91. The molecule has 0 saturated heterocycles. The minimum Gasteiger partial charge on any atom is -0.493 e. The van der Waals surface area contributed by atoms with Crippen molar-refractivity contribution in [2.24, 2.45) is 5.16 Å². The number of hydrogen-bond acceptors (Lipinski definition) is 9. The Hall–Kier alpha value is -3.01. The number of hydrogen-bond donors (Lipinski definition) is 0. The predicted octanol–water partition coefficient (Wildman–Crippen LogP) is 4.78. The molecule has 1 atom stereocenters. The monoisotopic (exact) mass is 493 g/mol. The number of benzene rings is 2. The molecule has 2 heterocycles. The number of nitrogens with zero attached hydrogens (tertiary/aromatic N) is 3. The third-order valence-corrected chi connectivity index (χ3v) is 5.44. The average Bonchev–Trinajstić information content (AvgIpc) is 3.48. The van der Waals surface area contributed by atoms with Crippen LogP contribution in [0.4, 0.5) is 0 Å². The van der Waals surface area contributed by atoms with Gasteiger partial charge < -0.3 is 28.2 Å². The van der Waals surface area contributed by atoms with Crippen molar-refractivity contribution in [3.05, 3.63) is 51.8 Å². The molecule has 1 unspecified atom stereocenters. The van der Waals surface area contributed by atoms with E-state index in [1.807, 2.05) is 12.1 Å². The molecule has 0 spiro atoms. The van der Waals surface area contributed by atoms with Gasteiger partial charge in [0.05, 0.1) is 44.2 Å². The molecule has 4 rings (SSSR count). The summed E-state index contributed by atoms with van der Waals surface area (Å²) in [5.74, 6) is 2.21. The van der Waals surface area contributed by atoms with Crippen LogP contribution in [0.2, 0.25) is 10.0 Å². The third-order valence-electron chi connectivity index (χ3n) is 4.89. The lowest BCUT2D eigenvalue weighted by molar-refractivity contribution is -0.00814. The van der Waals surface area contributed by atoms with Crippen LogP contribution >= 0.6 is 23.2 Å². The highest BCUT2D eigenvalue weighted by Crippen LogP contribution is 2.39. The van der Waals surface area contributed by atoms with Crippen molar-refractivity contribution in [3.8, 4) is 28.7 Å². The van der Waals surface area contributed by atoms with E-state index >= 15 is 0 Å². The molecule has 0 N–H and O–H groups in total. The van der Waals surface area contributed by atoms with Crippen molar-refractivity contribution in [2.45, 2.75) is 19.1 Å². The van der Waals surface area contributed by atoms with E-state index in [1.54, 1.807) is 39.5 Å². The average molecular weight is 494 g/mol. The summed E-state index contributed by atoms with van der Waals surface area (Å²) < 4.78 is 27.5. The van der Waals surface area contributed by atoms with Crippen molar-refractivity contribution in [1.82, 2.24) is 10.2 Å². The maximum Gasteiger partial charge on any atom is 0.249 e. The summed E-state index contributed by atoms with van der Waals surface area (Å²) in [4.78, 5) is 5.52. The summed E-state index contributed by atoms with van der Waals surface area (Å²) in [6, 6.07) is 8.69. The van der Waals surface area contributed by atoms with Gasteiger partial charge in [0.25, 0.3) is 0 Å². The Kier molecular flexibility index (Phi) is 7.22. The fourth-order valence-electron chi connectivity index (χ4n) is 3.30. The standard InChI is InChI=1S/C22H21Cl2N3O6/c1-28-18-6-12(7-19(29-2)21(18)30-3)17-9-14(33-27-17)10-31-11-20-25-26-22(32-20)15-5-4-13(23)8-16(15)24/h4-8,14H,9-11H2,1-3H3. The molecule has 174 valence electrons. The molecule has 1 aliphatic heterocycles. The molecule has 11 heteroatoms. The van der Waals surface area contributed by atoms with Crippen LogP contribution in [-0.2, 0) is 16.2 Å². The van der Waals surface area contributed by atoms with E-state index in [9.17, 15) is 0 Å². The van der Waals surface area contributed by atoms with Crippen molar-refractivity contribution < 1.29 is 28.2 Å². The molecule has 0 fully saturated rings. The molecule has 1 aliphatic rings. The lowest BCUT2D eigenvalue weighted by atomic mass is 10.0. The first-order chi connectivity index (χ1) is 16.0. The lowest BCUT2D eigenvalue weighted by Crippen LogP contribution is -2.16. The molecule has 3 aromatic rings. The highest BCUT2D eigenvalue weighted by molar-refractivity contribution is 6.36. The minimum atomic E-state index is -0.257. The molecular formula is C22H21Cl2N3O6. The van der Waals surface area contributed by atoms with Gasteiger partial charge in [0, 0.05) is 17.0 Å². The number of oxime groups is 1. The summed E-state index contributed by atoms with van der Waals surface area (Å²) in [7, 11) is 4.68. The molecule has 0 bridgehead atoms. The van der Waals surface area contributed by atoms with Crippen LogP contribution in [0.15, 0.2) is 39.9 Å². The van der Waals surface area contributed by atoms with Gasteiger partial charge in [-0.1, -0.05) is 28.4 Å². The molecule has 1 aromatic heterocycles. The van der Waals surface area contributed by atoms with Gasteiger partial charge >= 0.3 is 0 Å². The van der Waals surface area contributed by atoms with Crippen LogP contribution in [0.25, 0.3) is 11.5 Å². The minimum absolute atomic E-state index is 0.123. The Morgan fingerprint density at radius 1 is 1.00 bits per heavy atom. The van der Waals surface area contributed by atoms with Crippen LogP contribution in [0.1, 0.15) is 17.9 Å². The van der Waals surface area contributed by atoms with Crippen molar-refractivity contribution >= 4 is 28.9 Å². The molecular weight excluding hydrogens is 473 g/mol. The van der Waals surface area contributed by atoms with E-state index in [1.165, 1.54) is 0 Å². The second kappa shape index (κ2) is 10.3. The van der Waals surface area contributed by atoms with E-state index in [0.29, 0.717) is 51.1 Å². The Bertz CT molecular complexity index is 1140. The summed E-state index contributed by atoms with van der Waals surface area (Å²) in [6.45, 7) is 0.411. The van der Waals surface area contributed by atoms with Crippen LogP contribution < -0.4 is 14.2 Å². The van der Waals surface area contributed by atoms with Crippen molar-refractivity contribution in [1.29, 1.82) is 0 Å². The highest BCUT2D eigenvalue weighted by atomic mass is 35.5. The van der Waals surface area contributed by atoms with Gasteiger partial charge in [-0.15, -0.1) is 10.2 Å². The molecule has 9 nitrogen and oxygen atoms in total. The molecule has 0 radical (unpaired) electrons. The van der Waals surface area contributed by atoms with Crippen molar-refractivity contribution in [2.75, 3.05) is 27.9 Å². The molecule has 33 heavy (non-hydrogen) atoms. The Labute approximate surface area is 200 Å². The maximum absolute atomic E-state index is 6.19. The number of rotatable bonds is 9. The number of halogens is 2. The SMILES string of the molecule is COc1cc(C2=NOC(COCc3nnc(-c4ccc(Cl)cc4Cl)o3)C2)cc(OC)c1OC. The fraction of sp³-hybridized carbons (Fsp3) is 0.318. The normalized spacial score (nSPS) is 15.2. The highest BCUT2D eigenvalue weighted by Gasteiger charge is 2.25. The third kappa shape index (κ3) is 5.16. The first kappa shape index (κ1) is 23.2. The van der Waals surface area contributed by atoms with E-state index in [4.69, 9.17) is 51.4 Å². The predicted molar refractivity (Wildman–Crippen MR) is 122 cm³/mol. The molecule has 0 aliphatic carbocycles.